The van der Waals surface area contributed by atoms with Crippen LogP contribution in [0.5, 0.6) is 0 Å². The van der Waals surface area contributed by atoms with Crippen molar-refractivity contribution in [2.24, 2.45) is 4.99 Å². The Morgan fingerprint density at radius 3 is 2.35 bits per heavy atom. The van der Waals surface area contributed by atoms with Gasteiger partial charge in [-0.25, -0.2) is 4.79 Å². The summed E-state index contributed by atoms with van der Waals surface area (Å²) in [4.78, 5) is 15.2. The molecule has 0 atom stereocenters. The molecule has 0 aliphatic rings. The Hall–Kier alpha value is -2.42. The van der Waals surface area contributed by atoms with Crippen molar-refractivity contribution in [1.29, 1.82) is 0 Å². The molecule has 1 N–H and O–H groups in total. The van der Waals surface area contributed by atoms with Gasteiger partial charge in [-0.15, -0.1) is 0 Å². The SMILES string of the molecule is O=C(O)c1ccccc1[15N]=Cc1ccccc1. The molecule has 0 fully saturated rings. The molecule has 2 aromatic rings. The van der Waals surface area contributed by atoms with Crippen molar-refractivity contribution < 1.29 is 9.90 Å². The second-order valence-corrected chi connectivity index (χ2v) is 3.49. The van der Waals surface area contributed by atoms with Gasteiger partial charge in [0, 0.05) is 6.21 Å². The molecule has 17 heavy (non-hydrogen) atoms. The molecule has 0 amide bonds. The fourth-order valence-electron chi connectivity index (χ4n) is 1.45. The second-order valence-electron chi connectivity index (χ2n) is 3.49. The molecule has 0 saturated carbocycles. The number of carboxylic acid groups (broad SMARTS) is 1. The monoisotopic (exact) mass is 226 g/mol. The van der Waals surface area contributed by atoms with Gasteiger partial charge in [-0.2, -0.15) is 0 Å². The molecular formula is C14H11NO2. The molecule has 0 heterocycles. The van der Waals surface area contributed by atoms with E-state index in [0.29, 0.717) is 5.69 Å². The second kappa shape index (κ2) is 5.07. The van der Waals surface area contributed by atoms with Crippen molar-refractivity contribution in [3.05, 3.63) is 65.7 Å². The highest BCUT2D eigenvalue weighted by Gasteiger charge is 2.06. The van der Waals surface area contributed by atoms with Crippen LogP contribution in [0, 0.1) is 0 Å². The zero-order valence-electron chi connectivity index (χ0n) is 9.08. The van der Waals surface area contributed by atoms with Gasteiger partial charge in [0.25, 0.3) is 0 Å². The van der Waals surface area contributed by atoms with Crippen LogP contribution >= 0.6 is 0 Å². The standard InChI is InChI=1S/C14H11NO2/c16-14(17)12-8-4-5-9-13(12)15-10-11-6-2-1-3-7-11/h1-10H,(H,16,17)/i15+1. The van der Waals surface area contributed by atoms with E-state index in [0.717, 1.165) is 5.56 Å². The van der Waals surface area contributed by atoms with Gasteiger partial charge in [-0.3, -0.25) is 4.99 Å². The van der Waals surface area contributed by atoms with Crippen LogP contribution in [0.25, 0.3) is 0 Å². The summed E-state index contributed by atoms with van der Waals surface area (Å²) in [6.07, 6.45) is 1.65. The Labute approximate surface area is 99.1 Å². The molecular weight excluding hydrogens is 215 g/mol. The number of para-hydroxylation sites is 1. The summed E-state index contributed by atoms with van der Waals surface area (Å²) in [6, 6.07) is 16.2. The molecule has 0 saturated heterocycles. The Morgan fingerprint density at radius 1 is 1.00 bits per heavy atom. The van der Waals surface area contributed by atoms with E-state index in [1.165, 1.54) is 0 Å². The van der Waals surface area contributed by atoms with Gasteiger partial charge in [0.2, 0.25) is 0 Å². The zero-order valence-corrected chi connectivity index (χ0v) is 9.08. The molecule has 3 nitrogen and oxygen atoms in total. The third-order valence-electron chi connectivity index (χ3n) is 2.29. The first-order valence-electron chi connectivity index (χ1n) is 5.19. The topological polar surface area (TPSA) is 49.7 Å². The molecule has 2 rings (SSSR count). The van der Waals surface area contributed by atoms with Crippen molar-refractivity contribution in [3.63, 3.8) is 0 Å². The fourth-order valence-corrected chi connectivity index (χ4v) is 1.45. The van der Waals surface area contributed by atoms with E-state index in [9.17, 15) is 4.79 Å². The quantitative estimate of drug-likeness (QED) is 0.645. The number of nitrogens with zero attached hydrogens (tertiary/aromatic N) is 1. The lowest BCUT2D eigenvalue weighted by molar-refractivity contribution is 0.0698. The summed E-state index contributed by atoms with van der Waals surface area (Å²) in [7, 11) is 0. The van der Waals surface area contributed by atoms with Gasteiger partial charge in [0.15, 0.2) is 0 Å². The summed E-state index contributed by atoms with van der Waals surface area (Å²) in [5.41, 5.74) is 1.61. The maximum absolute atomic E-state index is 11.0. The maximum atomic E-state index is 11.0. The lowest BCUT2D eigenvalue weighted by atomic mass is 10.2. The number of hydrogen-bond donors (Lipinski definition) is 1. The number of carbonyl (C=O) groups is 1. The van der Waals surface area contributed by atoms with Gasteiger partial charge in [-0.1, -0.05) is 42.5 Å². The largest absolute Gasteiger partial charge is 0.478 e. The minimum Gasteiger partial charge on any atom is -0.478 e. The van der Waals surface area contributed by atoms with Gasteiger partial charge in [-0.05, 0) is 17.7 Å². The first kappa shape index (κ1) is 11.1. The van der Waals surface area contributed by atoms with Crippen LogP contribution in [0.2, 0.25) is 0 Å². The Bertz CT molecular complexity index is 547. The third-order valence-corrected chi connectivity index (χ3v) is 2.29. The van der Waals surface area contributed by atoms with Crippen molar-refractivity contribution >= 4 is 17.9 Å². The van der Waals surface area contributed by atoms with Crippen molar-refractivity contribution in [2.45, 2.75) is 0 Å². The van der Waals surface area contributed by atoms with E-state index < -0.39 is 5.97 Å². The number of carboxylic acids is 1. The van der Waals surface area contributed by atoms with Crippen molar-refractivity contribution in [3.8, 4) is 0 Å². The van der Waals surface area contributed by atoms with Crippen molar-refractivity contribution in [2.75, 3.05) is 0 Å². The third kappa shape index (κ3) is 2.78. The van der Waals surface area contributed by atoms with Gasteiger partial charge >= 0.3 is 5.97 Å². The van der Waals surface area contributed by atoms with Crippen molar-refractivity contribution in [1.82, 2.24) is 0 Å². The fraction of sp³-hybridized carbons (Fsp3) is 0. The van der Waals surface area contributed by atoms with E-state index in [4.69, 9.17) is 5.11 Å². The van der Waals surface area contributed by atoms with Gasteiger partial charge < -0.3 is 5.11 Å². The van der Waals surface area contributed by atoms with Crippen LogP contribution < -0.4 is 0 Å². The number of rotatable bonds is 3. The first-order valence-corrected chi connectivity index (χ1v) is 5.19. The molecule has 2 aromatic carbocycles. The van der Waals surface area contributed by atoms with Crippen LogP contribution in [0.4, 0.5) is 5.69 Å². The highest BCUT2D eigenvalue weighted by molar-refractivity contribution is 5.95. The Morgan fingerprint density at radius 2 is 1.65 bits per heavy atom. The van der Waals surface area contributed by atoms with Gasteiger partial charge in [0.05, 0.1) is 11.3 Å². The lowest BCUT2D eigenvalue weighted by Gasteiger charge is -1.99. The lowest BCUT2D eigenvalue weighted by Crippen LogP contribution is -1.96. The normalized spacial score (nSPS) is 10.6. The minimum absolute atomic E-state index is 0.208. The maximum Gasteiger partial charge on any atom is 0.337 e. The highest BCUT2D eigenvalue weighted by atomic mass is 16.4. The zero-order chi connectivity index (χ0) is 12.1. The summed E-state index contributed by atoms with van der Waals surface area (Å²) < 4.78 is 0. The predicted molar refractivity (Wildman–Crippen MR) is 67.1 cm³/mol. The smallest absolute Gasteiger partial charge is 0.337 e. The molecule has 0 aromatic heterocycles. The van der Waals surface area contributed by atoms with Crippen LogP contribution in [-0.2, 0) is 0 Å². The Balaban J connectivity index is 2.30. The molecule has 0 bridgehead atoms. The molecule has 0 aliphatic heterocycles. The van der Waals surface area contributed by atoms with Crippen LogP contribution in [0.1, 0.15) is 15.9 Å². The summed E-state index contributed by atoms with van der Waals surface area (Å²) in [6.45, 7) is 0. The average Bonchev–Trinajstić information content (AvgIpc) is 2.38. The number of aromatic carboxylic acids is 1. The number of hydrogen-bond acceptors (Lipinski definition) is 2. The molecule has 0 aliphatic carbocycles. The van der Waals surface area contributed by atoms with Crippen LogP contribution in [0.15, 0.2) is 59.6 Å². The van der Waals surface area contributed by atoms with E-state index >= 15 is 0 Å². The average molecular weight is 226 g/mol. The minimum atomic E-state index is -0.967. The van der Waals surface area contributed by atoms with E-state index in [2.05, 4.69) is 4.99 Å². The first-order chi connectivity index (χ1) is 8.27. The summed E-state index contributed by atoms with van der Waals surface area (Å²) in [5, 5.41) is 8.99. The van der Waals surface area contributed by atoms with E-state index in [1.807, 2.05) is 30.3 Å². The van der Waals surface area contributed by atoms with Gasteiger partial charge in [0.1, 0.15) is 0 Å². The van der Waals surface area contributed by atoms with Crippen LogP contribution in [-0.4, -0.2) is 17.3 Å². The van der Waals surface area contributed by atoms with Crippen LogP contribution in [0.3, 0.4) is 0 Å². The summed E-state index contributed by atoms with van der Waals surface area (Å²) >= 11 is 0. The number of benzene rings is 2. The predicted octanol–water partition coefficient (Wildman–Crippen LogP) is 3.14. The number of aliphatic imine (C=N–C) groups is 1. The van der Waals surface area contributed by atoms with E-state index in [1.54, 1.807) is 30.5 Å². The highest BCUT2D eigenvalue weighted by Crippen LogP contribution is 2.18. The van der Waals surface area contributed by atoms with E-state index in [-0.39, 0.29) is 5.56 Å². The molecule has 3 heteroatoms. The molecule has 0 unspecified atom stereocenters. The Kier molecular flexibility index (Phi) is 3.31. The molecule has 0 spiro atoms. The molecule has 0 radical (unpaired) electrons. The molecule has 84 valence electrons. The summed E-state index contributed by atoms with van der Waals surface area (Å²) in [5.74, 6) is -0.967.